The Hall–Kier alpha value is -3.91. The second-order valence-electron chi connectivity index (χ2n) is 8.85. The summed E-state index contributed by atoms with van der Waals surface area (Å²) in [6.45, 7) is 0. The van der Waals surface area contributed by atoms with Crippen molar-refractivity contribution in [3.05, 3.63) is 123 Å². The summed E-state index contributed by atoms with van der Waals surface area (Å²) in [4.78, 5) is 8.44. The van der Waals surface area contributed by atoms with Crippen LogP contribution in [0.5, 0.6) is 0 Å². The third kappa shape index (κ3) is 1.87. The van der Waals surface area contributed by atoms with Crippen LogP contribution in [0.15, 0.2) is 90.8 Å². The van der Waals surface area contributed by atoms with Gasteiger partial charge in [-0.1, -0.05) is 72.9 Å². The normalized spacial score (nSPS) is 21.9. The number of fused-ring (bicyclic) bond motifs is 5. The first-order valence-electron chi connectivity index (χ1n) is 10.9. The highest BCUT2D eigenvalue weighted by atomic mass is 14.7. The van der Waals surface area contributed by atoms with Gasteiger partial charge in [0.05, 0.1) is 5.35 Å². The molecule has 1 N–H and O–H groups in total. The Morgan fingerprint density at radius 1 is 0.968 bits per heavy atom. The van der Waals surface area contributed by atoms with Gasteiger partial charge < -0.3 is 4.98 Å². The summed E-state index contributed by atoms with van der Waals surface area (Å²) in [5, 5.41) is 8.85. The maximum atomic E-state index is 4.86. The molecule has 1 aliphatic heterocycles. The van der Waals surface area contributed by atoms with E-state index in [1.165, 1.54) is 59.9 Å². The number of allylic oxidation sites excluding steroid dienone is 8. The van der Waals surface area contributed by atoms with Gasteiger partial charge in [-0.15, -0.1) is 0 Å². The summed E-state index contributed by atoms with van der Waals surface area (Å²) in [5.74, 6) is 0.852. The summed E-state index contributed by atoms with van der Waals surface area (Å²) in [6.07, 6.45) is 20.1. The van der Waals surface area contributed by atoms with E-state index in [4.69, 9.17) is 4.98 Å². The molecule has 2 heterocycles. The zero-order valence-corrected chi connectivity index (χ0v) is 16.8. The number of nitrogens with zero attached hydrogens (tertiary/aromatic N) is 1. The molecule has 4 aliphatic carbocycles. The Balaban J connectivity index is 1.43. The monoisotopic (exact) mass is 394 g/mol. The average Bonchev–Trinajstić information content (AvgIpc) is 3.55. The molecule has 2 heteroatoms. The van der Waals surface area contributed by atoms with Gasteiger partial charge in [0.1, 0.15) is 0 Å². The first kappa shape index (κ1) is 15.9. The van der Waals surface area contributed by atoms with Crippen molar-refractivity contribution < 1.29 is 0 Å². The molecule has 0 bridgehead atoms. The Morgan fingerprint density at radius 3 is 2.81 bits per heavy atom. The van der Waals surface area contributed by atoms with Gasteiger partial charge in [0.25, 0.3) is 0 Å². The van der Waals surface area contributed by atoms with Gasteiger partial charge in [-0.25, -0.2) is 0 Å². The number of benzene rings is 2. The van der Waals surface area contributed by atoms with Crippen LogP contribution in [0.1, 0.15) is 22.7 Å². The molecule has 0 radical (unpaired) electrons. The molecule has 1 aromatic heterocycles. The molecule has 2 atom stereocenters. The maximum Gasteiger partial charge on any atom is 0.0736 e. The molecule has 144 valence electrons. The molecule has 2 unspecified atom stereocenters. The van der Waals surface area contributed by atoms with Gasteiger partial charge >= 0.3 is 0 Å². The van der Waals surface area contributed by atoms with Crippen molar-refractivity contribution in [3.63, 3.8) is 0 Å². The van der Waals surface area contributed by atoms with E-state index in [9.17, 15) is 0 Å². The molecule has 5 aliphatic rings. The summed E-state index contributed by atoms with van der Waals surface area (Å²) in [6, 6.07) is 13.2. The van der Waals surface area contributed by atoms with Crippen molar-refractivity contribution in [3.8, 4) is 0 Å². The predicted molar refractivity (Wildman–Crippen MR) is 126 cm³/mol. The standard InChI is InChI=1S/C29H18N2/c1-5-16-7-3-11-20-26(16)18(9-1)22-14-30-24(28(20)22)13-25-29-21-12-4-8-17-6-2-10-19(27(17)21)23(29)15-31-25/h1-15,20,26,30H. The first-order chi connectivity index (χ1) is 15.4. The zero-order chi connectivity index (χ0) is 20.1. The van der Waals surface area contributed by atoms with Crippen LogP contribution in [0.3, 0.4) is 0 Å². The molecule has 0 saturated heterocycles. The van der Waals surface area contributed by atoms with Crippen LogP contribution in [0, 0.1) is 16.4 Å². The summed E-state index contributed by atoms with van der Waals surface area (Å²) < 4.78 is 0. The van der Waals surface area contributed by atoms with Crippen molar-refractivity contribution in [2.75, 3.05) is 0 Å². The molecule has 0 spiro atoms. The summed E-state index contributed by atoms with van der Waals surface area (Å²) in [5.41, 5.74) is 6.81. The van der Waals surface area contributed by atoms with Crippen molar-refractivity contribution in [1.82, 2.24) is 9.97 Å². The minimum atomic E-state index is 0.396. The van der Waals surface area contributed by atoms with Crippen LogP contribution in [0.4, 0.5) is 0 Å². The van der Waals surface area contributed by atoms with Gasteiger partial charge in [-0.05, 0) is 44.3 Å². The van der Waals surface area contributed by atoms with Gasteiger partial charge in [0.2, 0.25) is 0 Å². The van der Waals surface area contributed by atoms with Crippen LogP contribution in [0.25, 0.3) is 33.2 Å². The van der Waals surface area contributed by atoms with Gasteiger partial charge in [0.15, 0.2) is 0 Å². The number of aromatic amines is 1. The quantitative estimate of drug-likeness (QED) is 0.394. The van der Waals surface area contributed by atoms with Crippen LogP contribution in [-0.2, 0) is 0 Å². The molecule has 0 fully saturated rings. The minimum absolute atomic E-state index is 0.396. The lowest BCUT2D eigenvalue weighted by molar-refractivity contribution is 0.718. The Labute approximate surface area is 178 Å². The predicted octanol–water partition coefficient (Wildman–Crippen LogP) is 5.59. The Morgan fingerprint density at radius 2 is 1.87 bits per heavy atom. The van der Waals surface area contributed by atoms with Crippen molar-refractivity contribution in [2.24, 2.45) is 5.92 Å². The smallest absolute Gasteiger partial charge is 0.0736 e. The SMILES string of the molecule is C1=CC2=CC=CC3c4c(c[nH]c4C=c4ncc5c6cccc7cccc(c4=5)c76)C(=C1)C23. The van der Waals surface area contributed by atoms with Crippen molar-refractivity contribution in [2.45, 2.75) is 5.92 Å². The molecular weight excluding hydrogens is 376 g/mol. The lowest BCUT2D eigenvalue weighted by atomic mass is 9.78. The third-order valence-electron chi connectivity index (χ3n) is 7.43. The topological polar surface area (TPSA) is 28.7 Å². The Bertz CT molecular complexity index is 1790. The van der Waals surface area contributed by atoms with Crippen LogP contribution in [-0.4, -0.2) is 9.97 Å². The largest absolute Gasteiger partial charge is 0.361 e. The fourth-order valence-corrected chi connectivity index (χ4v) is 6.20. The highest BCUT2D eigenvalue weighted by Gasteiger charge is 2.40. The fourth-order valence-electron chi connectivity index (χ4n) is 6.20. The first-order valence-corrected chi connectivity index (χ1v) is 10.9. The zero-order valence-electron chi connectivity index (χ0n) is 16.8. The fraction of sp³-hybridized carbons (Fsp3) is 0.0690. The van der Waals surface area contributed by atoms with Gasteiger partial charge in [-0.2, -0.15) is 0 Å². The summed E-state index contributed by atoms with van der Waals surface area (Å²) >= 11 is 0. The highest BCUT2D eigenvalue weighted by Crippen LogP contribution is 2.54. The maximum absolute atomic E-state index is 4.86. The van der Waals surface area contributed by atoms with E-state index in [1.807, 2.05) is 6.20 Å². The molecule has 2 nitrogen and oxygen atoms in total. The second-order valence-corrected chi connectivity index (χ2v) is 8.85. The molecule has 0 amide bonds. The van der Waals surface area contributed by atoms with E-state index in [0.717, 1.165) is 5.35 Å². The van der Waals surface area contributed by atoms with E-state index in [2.05, 4.69) is 90.1 Å². The number of hydrogen-bond acceptors (Lipinski definition) is 1. The molecule has 31 heavy (non-hydrogen) atoms. The summed E-state index contributed by atoms with van der Waals surface area (Å²) in [7, 11) is 0. The van der Waals surface area contributed by atoms with E-state index in [1.54, 1.807) is 0 Å². The van der Waals surface area contributed by atoms with E-state index >= 15 is 0 Å². The molecule has 8 rings (SSSR count). The van der Waals surface area contributed by atoms with Crippen LogP contribution >= 0.6 is 0 Å². The molecule has 0 saturated carbocycles. The molecular formula is C29H18N2. The number of nitrogens with one attached hydrogen (secondary N) is 1. The van der Waals surface area contributed by atoms with E-state index in [-0.39, 0.29) is 0 Å². The number of aromatic nitrogens is 2. The number of hydrogen-bond donors (Lipinski definition) is 1. The van der Waals surface area contributed by atoms with Crippen LogP contribution in [0.2, 0.25) is 0 Å². The van der Waals surface area contributed by atoms with Gasteiger partial charge in [-0.3, -0.25) is 4.98 Å². The minimum Gasteiger partial charge on any atom is -0.361 e. The van der Waals surface area contributed by atoms with Crippen molar-refractivity contribution >= 4 is 33.2 Å². The van der Waals surface area contributed by atoms with E-state index in [0.29, 0.717) is 11.8 Å². The third-order valence-corrected chi connectivity index (χ3v) is 7.43. The molecule has 3 aromatic rings. The van der Waals surface area contributed by atoms with Gasteiger partial charge in [0, 0.05) is 45.9 Å². The highest BCUT2D eigenvalue weighted by molar-refractivity contribution is 6.12. The lowest BCUT2D eigenvalue weighted by Crippen LogP contribution is -2.13. The van der Waals surface area contributed by atoms with E-state index < -0.39 is 0 Å². The Kier molecular flexibility index (Phi) is 2.77. The van der Waals surface area contributed by atoms with Crippen molar-refractivity contribution in [1.29, 1.82) is 0 Å². The molecule has 2 aromatic carbocycles. The number of rotatable bonds is 1. The van der Waals surface area contributed by atoms with Crippen LogP contribution < -0.4 is 5.35 Å². The lowest BCUT2D eigenvalue weighted by Gasteiger charge is -2.25. The second kappa shape index (κ2) is 5.41. The average molecular weight is 394 g/mol. The number of H-pyrrole nitrogens is 1.